The Hall–Kier alpha value is -1.95. The molecule has 4 nitrogen and oxygen atoms in total. The number of carbonyl (C=O) groups is 1. The zero-order chi connectivity index (χ0) is 19.5. The molecule has 28 heavy (non-hydrogen) atoms. The second-order valence-corrected chi connectivity index (χ2v) is 8.49. The van der Waals surface area contributed by atoms with Gasteiger partial charge >= 0.3 is 0 Å². The Kier molecular flexibility index (Phi) is 5.95. The first-order valence-corrected chi connectivity index (χ1v) is 10.9. The van der Waals surface area contributed by atoms with E-state index in [1.165, 1.54) is 16.9 Å². The number of anilines is 1. The second kappa shape index (κ2) is 8.60. The quantitative estimate of drug-likeness (QED) is 0.552. The fourth-order valence-electron chi connectivity index (χ4n) is 3.46. The minimum Gasteiger partial charge on any atom is -0.376 e. The van der Waals surface area contributed by atoms with Crippen LogP contribution in [-0.2, 0) is 22.4 Å². The summed E-state index contributed by atoms with van der Waals surface area (Å²) in [5, 5.41) is 1.30. The molecular formula is C22H23ClN2O2S. The molecule has 1 aliphatic heterocycles. The second-order valence-electron chi connectivity index (χ2n) is 7.07. The van der Waals surface area contributed by atoms with Crippen LogP contribution in [0.15, 0.2) is 42.5 Å². The van der Waals surface area contributed by atoms with E-state index in [-0.39, 0.29) is 12.0 Å². The molecule has 3 aromatic rings. The van der Waals surface area contributed by atoms with Gasteiger partial charge in [0.15, 0.2) is 5.13 Å². The summed E-state index contributed by atoms with van der Waals surface area (Å²) >= 11 is 7.80. The van der Waals surface area contributed by atoms with Crippen LogP contribution in [0.1, 0.15) is 30.9 Å². The number of fused-ring (bicyclic) bond motifs is 1. The third-order valence-corrected chi connectivity index (χ3v) is 6.44. The van der Waals surface area contributed by atoms with Crippen molar-refractivity contribution in [3.8, 4) is 0 Å². The third-order valence-electron chi connectivity index (χ3n) is 5.09. The fourth-order valence-corrected chi connectivity index (χ4v) is 4.75. The molecule has 1 amide bonds. The van der Waals surface area contributed by atoms with Gasteiger partial charge in [-0.25, -0.2) is 4.98 Å². The molecule has 0 radical (unpaired) electrons. The number of nitrogens with zero attached hydrogens (tertiary/aromatic N) is 2. The molecular weight excluding hydrogens is 392 g/mol. The van der Waals surface area contributed by atoms with Crippen molar-refractivity contribution in [2.75, 3.05) is 18.1 Å². The lowest BCUT2D eigenvalue weighted by atomic mass is 10.1. The zero-order valence-corrected chi connectivity index (χ0v) is 17.4. The van der Waals surface area contributed by atoms with Gasteiger partial charge in [0.1, 0.15) is 5.52 Å². The van der Waals surface area contributed by atoms with Gasteiger partial charge in [0, 0.05) is 6.61 Å². The van der Waals surface area contributed by atoms with Gasteiger partial charge in [0.25, 0.3) is 0 Å². The predicted molar refractivity (Wildman–Crippen MR) is 115 cm³/mol. The van der Waals surface area contributed by atoms with E-state index in [2.05, 4.69) is 24.0 Å². The Bertz CT molecular complexity index is 964. The molecule has 1 fully saturated rings. The first-order valence-electron chi connectivity index (χ1n) is 9.69. The molecule has 0 aliphatic carbocycles. The highest BCUT2D eigenvalue weighted by Gasteiger charge is 2.26. The molecule has 2 aromatic carbocycles. The van der Waals surface area contributed by atoms with Crippen LogP contribution < -0.4 is 4.90 Å². The number of aromatic nitrogens is 1. The Morgan fingerprint density at radius 2 is 2.04 bits per heavy atom. The van der Waals surface area contributed by atoms with Crippen LogP contribution >= 0.6 is 22.9 Å². The van der Waals surface area contributed by atoms with Crippen molar-refractivity contribution in [2.24, 2.45) is 0 Å². The number of para-hydroxylation sites is 1. The lowest BCUT2D eigenvalue weighted by Crippen LogP contribution is -2.38. The monoisotopic (exact) mass is 414 g/mol. The molecule has 1 saturated heterocycles. The Balaban J connectivity index is 1.61. The SMILES string of the molecule is CCc1ccc(CC(=O)N(CC2CCCO2)c2nc3c(Cl)cccc3s2)cc1. The average molecular weight is 415 g/mol. The molecule has 1 unspecified atom stereocenters. The molecule has 2 heterocycles. The largest absolute Gasteiger partial charge is 0.376 e. The third kappa shape index (κ3) is 4.22. The Morgan fingerprint density at radius 1 is 1.25 bits per heavy atom. The van der Waals surface area contributed by atoms with Gasteiger partial charge in [0.2, 0.25) is 5.91 Å². The summed E-state index contributed by atoms with van der Waals surface area (Å²) in [4.78, 5) is 19.7. The van der Waals surface area contributed by atoms with E-state index in [9.17, 15) is 4.79 Å². The maximum Gasteiger partial charge on any atom is 0.233 e. The van der Waals surface area contributed by atoms with Crippen LogP contribution in [0.4, 0.5) is 5.13 Å². The summed E-state index contributed by atoms with van der Waals surface area (Å²) in [7, 11) is 0. The predicted octanol–water partition coefficient (Wildman–Crippen LogP) is 5.27. The first-order chi connectivity index (χ1) is 13.6. The summed E-state index contributed by atoms with van der Waals surface area (Å²) < 4.78 is 6.78. The average Bonchev–Trinajstić information content (AvgIpc) is 3.37. The molecule has 0 spiro atoms. The number of amides is 1. The number of thiazole rings is 1. The molecule has 6 heteroatoms. The number of hydrogen-bond donors (Lipinski definition) is 0. The highest BCUT2D eigenvalue weighted by atomic mass is 35.5. The summed E-state index contributed by atoms with van der Waals surface area (Å²) in [6, 6.07) is 14.0. The van der Waals surface area contributed by atoms with E-state index in [4.69, 9.17) is 16.3 Å². The van der Waals surface area contributed by atoms with E-state index >= 15 is 0 Å². The highest BCUT2D eigenvalue weighted by molar-refractivity contribution is 7.22. The van der Waals surface area contributed by atoms with Gasteiger partial charge in [-0.05, 0) is 42.5 Å². The summed E-state index contributed by atoms with van der Waals surface area (Å²) in [6.07, 6.45) is 3.41. The van der Waals surface area contributed by atoms with Crippen LogP contribution in [0.2, 0.25) is 5.02 Å². The van der Waals surface area contributed by atoms with Gasteiger partial charge < -0.3 is 4.74 Å². The van der Waals surface area contributed by atoms with Crippen molar-refractivity contribution in [3.05, 3.63) is 58.6 Å². The van der Waals surface area contributed by atoms with Crippen LogP contribution in [0.25, 0.3) is 10.2 Å². The van der Waals surface area contributed by atoms with E-state index in [1.807, 2.05) is 30.3 Å². The number of benzene rings is 2. The highest BCUT2D eigenvalue weighted by Crippen LogP contribution is 2.33. The van der Waals surface area contributed by atoms with Crippen LogP contribution in [0.3, 0.4) is 0 Å². The lowest BCUT2D eigenvalue weighted by Gasteiger charge is -2.23. The smallest absolute Gasteiger partial charge is 0.233 e. The number of carbonyl (C=O) groups excluding carboxylic acids is 1. The number of hydrogen-bond acceptors (Lipinski definition) is 4. The fraction of sp³-hybridized carbons (Fsp3) is 0.364. The van der Waals surface area contributed by atoms with Gasteiger partial charge in [-0.15, -0.1) is 0 Å². The van der Waals surface area contributed by atoms with Crippen molar-refractivity contribution >= 4 is 44.2 Å². The standard InChI is InChI=1S/C22H23ClN2O2S/c1-2-15-8-10-16(11-9-15)13-20(26)25(14-17-5-4-12-27-17)22-24-21-18(23)6-3-7-19(21)28-22/h3,6-11,17H,2,4-5,12-14H2,1H3. The molecule has 1 atom stereocenters. The summed E-state index contributed by atoms with van der Waals surface area (Å²) in [5.41, 5.74) is 3.04. The number of aryl methyl sites for hydroxylation is 1. The normalized spacial score (nSPS) is 16.6. The van der Waals surface area contributed by atoms with Crippen LogP contribution in [0.5, 0.6) is 0 Å². The van der Waals surface area contributed by atoms with E-state index in [0.29, 0.717) is 23.1 Å². The van der Waals surface area contributed by atoms with E-state index < -0.39 is 0 Å². The van der Waals surface area contributed by atoms with Crippen molar-refractivity contribution in [2.45, 2.75) is 38.7 Å². The summed E-state index contributed by atoms with van der Waals surface area (Å²) in [5.74, 6) is 0.0370. The number of rotatable bonds is 6. The molecule has 0 bridgehead atoms. The van der Waals surface area contributed by atoms with E-state index in [0.717, 1.165) is 41.6 Å². The Labute approximate surface area is 174 Å². The van der Waals surface area contributed by atoms with Gasteiger partial charge in [0.05, 0.1) is 28.8 Å². The van der Waals surface area contributed by atoms with E-state index in [1.54, 1.807) is 4.90 Å². The van der Waals surface area contributed by atoms with Crippen molar-refractivity contribution in [1.29, 1.82) is 0 Å². The number of halogens is 1. The molecule has 1 aliphatic rings. The van der Waals surface area contributed by atoms with Crippen molar-refractivity contribution < 1.29 is 9.53 Å². The lowest BCUT2D eigenvalue weighted by molar-refractivity contribution is -0.118. The van der Waals surface area contributed by atoms with Crippen molar-refractivity contribution in [1.82, 2.24) is 4.98 Å². The topological polar surface area (TPSA) is 42.4 Å². The minimum atomic E-state index is 0.0370. The zero-order valence-electron chi connectivity index (χ0n) is 15.9. The first kappa shape index (κ1) is 19.4. The number of ether oxygens (including phenoxy) is 1. The van der Waals surface area contributed by atoms with Crippen LogP contribution in [0, 0.1) is 0 Å². The van der Waals surface area contributed by atoms with Gasteiger partial charge in [-0.3, -0.25) is 9.69 Å². The minimum absolute atomic E-state index is 0.0370. The molecule has 1 aromatic heterocycles. The maximum atomic E-state index is 13.2. The maximum absolute atomic E-state index is 13.2. The molecule has 0 saturated carbocycles. The molecule has 4 rings (SSSR count). The van der Waals surface area contributed by atoms with Crippen molar-refractivity contribution in [3.63, 3.8) is 0 Å². The van der Waals surface area contributed by atoms with Crippen LogP contribution in [-0.4, -0.2) is 30.1 Å². The molecule has 0 N–H and O–H groups in total. The van der Waals surface area contributed by atoms with Gasteiger partial charge in [-0.1, -0.05) is 60.2 Å². The van der Waals surface area contributed by atoms with Gasteiger partial charge in [-0.2, -0.15) is 0 Å². The Morgan fingerprint density at radius 3 is 2.71 bits per heavy atom. The summed E-state index contributed by atoms with van der Waals surface area (Å²) in [6.45, 7) is 3.42. The molecule has 146 valence electrons.